The molecule has 2 aromatic carbocycles. The minimum absolute atomic E-state index is 0.00706. The maximum Gasteiger partial charge on any atom is 0.191 e. The van der Waals surface area contributed by atoms with E-state index in [1.54, 1.807) is 7.05 Å². The van der Waals surface area contributed by atoms with Crippen LogP contribution in [0.3, 0.4) is 0 Å². The van der Waals surface area contributed by atoms with E-state index in [1.165, 1.54) is 5.56 Å². The molecule has 2 N–H and O–H groups in total. The van der Waals surface area contributed by atoms with Crippen molar-refractivity contribution in [2.24, 2.45) is 4.99 Å². The molecule has 6 heteroatoms. The molecular weight excluding hydrogens is 388 g/mol. The van der Waals surface area contributed by atoms with Crippen molar-refractivity contribution in [3.05, 3.63) is 65.7 Å². The number of aliphatic imine (C=N–C) groups is 1. The van der Waals surface area contributed by atoms with Crippen molar-refractivity contribution in [2.45, 2.75) is 25.8 Å². The van der Waals surface area contributed by atoms with Gasteiger partial charge in [0.15, 0.2) is 5.96 Å². The lowest BCUT2D eigenvalue weighted by Gasteiger charge is -2.27. The quantitative estimate of drug-likeness (QED) is 0.479. The predicted octanol–water partition coefficient (Wildman–Crippen LogP) is 3.04. The van der Waals surface area contributed by atoms with E-state index in [-0.39, 0.29) is 5.41 Å². The number of rotatable bonds is 9. The summed E-state index contributed by atoms with van der Waals surface area (Å²) in [6.45, 7) is 11.2. The second-order valence-electron chi connectivity index (χ2n) is 8.48. The highest BCUT2D eigenvalue weighted by Gasteiger charge is 2.20. The summed E-state index contributed by atoms with van der Waals surface area (Å²) in [5, 5.41) is 6.86. The first-order valence-corrected chi connectivity index (χ1v) is 11.1. The second-order valence-corrected chi connectivity index (χ2v) is 8.48. The summed E-state index contributed by atoms with van der Waals surface area (Å²) in [6.07, 6.45) is 0. The first kappa shape index (κ1) is 23.1. The maximum atomic E-state index is 5.97. The zero-order chi connectivity index (χ0) is 21.9. The van der Waals surface area contributed by atoms with E-state index in [0.717, 1.165) is 56.7 Å². The van der Waals surface area contributed by atoms with Crippen LogP contribution in [-0.2, 0) is 16.7 Å². The molecule has 1 fully saturated rings. The van der Waals surface area contributed by atoms with Crippen molar-refractivity contribution in [3.8, 4) is 5.75 Å². The van der Waals surface area contributed by atoms with Gasteiger partial charge < -0.3 is 20.1 Å². The Labute approximate surface area is 186 Å². The van der Waals surface area contributed by atoms with E-state index in [2.05, 4.69) is 70.8 Å². The van der Waals surface area contributed by atoms with Crippen molar-refractivity contribution < 1.29 is 9.47 Å². The molecule has 0 bridgehead atoms. The van der Waals surface area contributed by atoms with E-state index in [9.17, 15) is 0 Å². The SMILES string of the molecule is CN=C(NCc1cccc(OCCN2CCOCC2)c1)NCC(C)(C)c1ccccc1. The van der Waals surface area contributed by atoms with E-state index in [1.807, 2.05) is 18.2 Å². The van der Waals surface area contributed by atoms with Crippen LogP contribution in [0, 0.1) is 0 Å². The molecular formula is C25H36N4O2. The Morgan fingerprint density at radius 1 is 1.06 bits per heavy atom. The third-order valence-electron chi connectivity index (χ3n) is 5.61. The van der Waals surface area contributed by atoms with Gasteiger partial charge in [0.05, 0.1) is 13.2 Å². The average molecular weight is 425 g/mol. The van der Waals surface area contributed by atoms with Crippen LogP contribution < -0.4 is 15.4 Å². The molecule has 0 amide bonds. The van der Waals surface area contributed by atoms with Gasteiger partial charge in [-0.15, -0.1) is 0 Å². The largest absolute Gasteiger partial charge is 0.492 e. The normalized spacial score (nSPS) is 15.5. The molecule has 0 aliphatic carbocycles. The zero-order valence-electron chi connectivity index (χ0n) is 19.1. The molecule has 31 heavy (non-hydrogen) atoms. The highest BCUT2D eigenvalue weighted by molar-refractivity contribution is 5.79. The molecule has 0 radical (unpaired) electrons. The molecule has 168 valence electrons. The molecule has 1 heterocycles. The van der Waals surface area contributed by atoms with Crippen LogP contribution in [0.1, 0.15) is 25.0 Å². The van der Waals surface area contributed by atoms with Crippen molar-refractivity contribution in [3.63, 3.8) is 0 Å². The van der Waals surface area contributed by atoms with Gasteiger partial charge in [-0.3, -0.25) is 9.89 Å². The smallest absolute Gasteiger partial charge is 0.191 e. The van der Waals surface area contributed by atoms with Gasteiger partial charge in [-0.1, -0.05) is 56.3 Å². The molecule has 0 unspecified atom stereocenters. The summed E-state index contributed by atoms with van der Waals surface area (Å²) >= 11 is 0. The summed E-state index contributed by atoms with van der Waals surface area (Å²) in [5.41, 5.74) is 2.47. The van der Waals surface area contributed by atoms with Gasteiger partial charge in [0.25, 0.3) is 0 Å². The number of nitrogens with zero attached hydrogens (tertiary/aromatic N) is 2. The van der Waals surface area contributed by atoms with E-state index < -0.39 is 0 Å². The fourth-order valence-corrected chi connectivity index (χ4v) is 3.57. The Morgan fingerprint density at radius 2 is 1.84 bits per heavy atom. The van der Waals surface area contributed by atoms with Gasteiger partial charge in [0.1, 0.15) is 12.4 Å². The summed E-state index contributed by atoms with van der Waals surface area (Å²) < 4.78 is 11.4. The van der Waals surface area contributed by atoms with Gasteiger partial charge in [0, 0.05) is 45.2 Å². The first-order valence-electron chi connectivity index (χ1n) is 11.1. The third-order valence-corrected chi connectivity index (χ3v) is 5.61. The number of morpholine rings is 1. The summed E-state index contributed by atoms with van der Waals surface area (Å²) in [7, 11) is 1.80. The minimum atomic E-state index is 0.00706. The fraction of sp³-hybridized carbons (Fsp3) is 0.480. The van der Waals surface area contributed by atoms with Crippen LogP contribution in [0.2, 0.25) is 0 Å². The van der Waals surface area contributed by atoms with E-state index in [4.69, 9.17) is 9.47 Å². The molecule has 0 atom stereocenters. The Bertz CT molecular complexity index is 817. The lowest BCUT2D eigenvalue weighted by molar-refractivity contribution is 0.0322. The molecule has 1 saturated heterocycles. The topological polar surface area (TPSA) is 58.1 Å². The second kappa shape index (κ2) is 11.7. The van der Waals surface area contributed by atoms with Gasteiger partial charge >= 0.3 is 0 Å². The molecule has 3 rings (SSSR count). The standard InChI is InChI=1S/C25H36N4O2/c1-25(2,22-9-5-4-6-10-22)20-28-24(26-3)27-19-21-8-7-11-23(18-21)31-17-14-29-12-15-30-16-13-29/h4-11,18H,12-17,19-20H2,1-3H3,(H2,26,27,28). The fourth-order valence-electron chi connectivity index (χ4n) is 3.57. The maximum absolute atomic E-state index is 5.97. The molecule has 0 spiro atoms. The molecule has 0 aromatic heterocycles. The molecule has 0 saturated carbocycles. The number of hydrogen-bond donors (Lipinski definition) is 2. The molecule has 6 nitrogen and oxygen atoms in total. The van der Waals surface area contributed by atoms with Gasteiger partial charge in [0.2, 0.25) is 0 Å². The van der Waals surface area contributed by atoms with Crippen molar-refractivity contribution in [2.75, 3.05) is 53.0 Å². The first-order chi connectivity index (χ1) is 15.1. The summed E-state index contributed by atoms with van der Waals surface area (Å²) in [5.74, 6) is 1.70. The molecule has 1 aliphatic rings. The Balaban J connectivity index is 1.44. The lowest BCUT2D eigenvalue weighted by atomic mass is 9.85. The molecule has 2 aromatic rings. The lowest BCUT2D eigenvalue weighted by Crippen LogP contribution is -2.43. The van der Waals surface area contributed by atoms with Crippen LogP contribution in [0.5, 0.6) is 5.75 Å². The third kappa shape index (κ3) is 7.56. The highest BCUT2D eigenvalue weighted by Crippen LogP contribution is 2.21. The van der Waals surface area contributed by atoms with Gasteiger partial charge in [-0.25, -0.2) is 0 Å². The van der Waals surface area contributed by atoms with E-state index in [0.29, 0.717) is 13.2 Å². The van der Waals surface area contributed by atoms with Crippen molar-refractivity contribution >= 4 is 5.96 Å². The predicted molar refractivity (Wildman–Crippen MR) is 127 cm³/mol. The Morgan fingerprint density at radius 3 is 2.58 bits per heavy atom. The van der Waals surface area contributed by atoms with Gasteiger partial charge in [-0.05, 0) is 23.3 Å². The Hall–Kier alpha value is -2.57. The van der Waals surface area contributed by atoms with Crippen LogP contribution >= 0.6 is 0 Å². The number of benzene rings is 2. The van der Waals surface area contributed by atoms with Crippen molar-refractivity contribution in [1.29, 1.82) is 0 Å². The van der Waals surface area contributed by atoms with E-state index >= 15 is 0 Å². The van der Waals surface area contributed by atoms with Gasteiger partial charge in [-0.2, -0.15) is 0 Å². The van der Waals surface area contributed by atoms with Crippen LogP contribution in [0.25, 0.3) is 0 Å². The number of nitrogens with one attached hydrogen (secondary N) is 2. The van der Waals surface area contributed by atoms with Crippen molar-refractivity contribution in [1.82, 2.24) is 15.5 Å². The summed E-state index contributed by atoms with van der Waals surface area (Å²) in [4.78, 5) is 6.75. The van der Waals surface area contributed by atoms with Crippen LogP contribution in [0.4, 0.5) is 0 Å². The highest BCUT2D eigenvalue weighted by atomic mass is 16.5. The number of hydrogen-bond acceptors (Lipinski definition) is 4. The number of ether oxygens (including phenoxy) is 2. The van der Waals surface area contributed by atoms with Crippen LogP contribution in [0.15, 0.2) is 59.6 Å². The average Bonchev–Trinajstić information content (AvgIpc) is 2.81. The van der Waals surface area contributed by atoms with Crippen LogP contribution in [-0.4, -0.2) is 63.9 Å². The summed E-state index contributed by atoms with van der Waals surface area (Å²) in [6, 6.07) is 18.8. The molecule has 1 aliphatic heterocycles. The Kier molecular flexibility index (Phi) is 8.74. The number of guanidine groups is 1. The zero-order valence-corrected chi connectivity index (χ0v) is 19.1. The monoisotopic (exact) mass is 424 g/mol. The minimum Gasteiger partial charge on any atom is -0.492 e.